The van der Waals surface area contributed by atoms with Gasteiger partial charge in [-0.05, 0) is 40.5 Å². The first kappa shape index (κ1) is 17.4. The summed E-state index contributed by atoms with van der Waals surface area (Å²) < 4.78 is 5.68. The van der Waals surface area contributed by atoms with Gasteiger partial charge in [0.25, 0.3) is 0 Å². The Labute approximate surface area is 127 Å². The minimum Gasteiger partial charge on any atom is -0.427 e. The Morgan fingerprint density at radius 2 is 2.19 bits per heavy atom. The highest BCUT2D eigenvalue weighted by Gasteiger charge is 2.35. The van der Waals surface area contributed by atoms with Gasteiger partial charge in [-0.25, -0.2) is 0 Å². The van der Waals surface area contributed by atoms with Gasteiger partial charge in [-0.1, -0.05) is 11.5 Å². The first-order chi connectivity index (χ1) is 9.69. The molecular formula is C15H22BN2O3. The number of rotatable bonds is 7. The lowest BCUT2D eigenvalue weighted by Gasteiger charge is -2.37. The molecule has 113 valence electrons. The number of aliphatic hydroxyl groups is 1. The highest BCUT2D eigenvalue weighted by atomic mass is 16.5. The monoisotopic (exact) mass is 289 g/mol. The third kappa shape index (κ3) is 4.99. The number of allylic oxidation sites excluding steroid dienone is 3. The predicted octanol–water partition coefficient (Wildman–Crippen LogP) is 1.63. The summed E-state index contributed by atoms with van der Waals surface area (Å²) in [6, 6.07) is 0. The van der Waals surface area contributed by atoms with Crippen LogP contribution in [-0.2, 0) is 9.45 Å². The van der Waals surface area contributed by atoms with Gasteiger partial charge in [-0.15, -0.1) is 0 Å². The van der Waals surface area contributed by atoms with Crippen LogP contribution in [0.25, 0.3) is 0 Å². The Kier molecular flexibility index (Phi) is 5.69. The molecule has 1 aliphatic rings. The highest BCUT2D eigenvalue weighted by Crippen LogP contribution is 2.25. The molecule has 6 heteroatoms. The third-order valence-electron chi connectivity index (χ3n) is 3.56. The minimum absolute atomic E-state index is 0.278. The molecule has 0 fully saturated rings. The van der Waals surface area contributed by atoms with Crippen molar-refractivity contribution in [2.24, 2.45) is 4.99 Å². The van der Waals surface area contributed by atoms with Crippen molar-refractivity contribution < 1.29 is 14.6 Å². The molecule has 0 atom stereocenters. The summed E-state index contributed by atoms with van der Waals surface area (Å²) in [6.45, 7) is 11.0. The molecule has 0 spiro atoms. The van der Waals surface area contributed by atoms with Gasteiger partial charge < -0.3 is 14.7 Å². The van der Waals surface area contributed by atoms with Crippen molar-refractivity contribution in [3.05, 3.63) is 35.7 Å². The normalized spacial score (nSPS) is 16.5. The van der Waals surface area contributed by atoms with E-state index in [0.29, 0.717) is 12.8 Å². The van der Waals surface area contributed by atoms with Gasteiger partial charge >= 0.3 is 7.48 Å². The van der Waals surface area contributed by atoms with Crippen molar-refractivity contribution in [2.45, 2.75) is 38.9 Å². The van der Waals surface area contributed by atoms with Gasteiger partial charge in [0, 0.05) is 18.9 Å². The standard InChI is InChI=1S/C15H22BN2O3/c1-14(2,20)15(3,4)21-16-12-6-8-18(9-7-12)10-13(11-19)17-5/h6-8,10-11,20H,5,9H2,1-4H3/b13-10-. The predicted molar refractivity (Wildman–Crippen MR) is 84.8 cm³/mol. The molecule has 0 unspecified atom stereocenters. The lowest BCUT2D eigenvalue weighted by atomic mass is 9.81. The van der Waals surface area contributed by atoms with Crippen molar-refractivity contribution in [1.82, 2.24) is 4.90 Å². The molecular weight excluding hydrogens is 267 g/mol. The number of aliphatic imine (C=N–C) groups is 1. The van der Waals surface area contributed by atoms with Crippen molar-refractivity contribution in [3.8, 4) is 0 Å². The summed E-state index contributed by atoms with van der Waals surface area (Å²) in [4.78, 5) is 16.1. The number of hydrogen-bond acceptors (Lipinski definition) is 5. The minimum atomic E-state index is -0.953. The maximum Gasteiger partial charge on any atom is 0.330 e. The fraction of sp³-hybridized carbons (Fsp3) is 0.467. The SMILES string of the molecule is C=N/C(C=O)=C\N1C=CC([B]OC(C)(C)C(C)(C)O)=CC1. The van der Waals surface area contributed by atoms with E-state index in [1.807, 2.05) is 37.1 Å². The quantitative estimate of drug-likeness (QED) is 0.335. The molecule has 0 bridgehead atoms. The molecule has 0 aromatic heterocycles. The summed E-state index contributed by atoms with van der Waals surface area (Å²) in [5, 5.41) is 10.0. The van der Waals surface area contributed by atoms with Crippen LogP contribution >= 0.6 is 0 Å². The zero-order chi connectivity index (χ0) is 16.1. The number of aldehydes is 1. The van der Waals surface area contributed by atoms with E-state index in [1.165, 1.54) is 0 Å². The molecule has 0 saturated carbocycles. The van der Waals surface area contributed by atoms with Crippen LogP contribution in [0.15, 0.2) is 40.7 Å². The zero-order valence-corrected chi connectivity index (χ0v) is 13.0. The maximum atomic E-state index is 10.7. The van der Waals surface area contributed by atoms with Crippen molar-refractivity contribution in [2.75, 3.05) is 6.54 Å². The first-order valence-corrected chi connectivity index (χ1v) is 6.71. The molecule has 0 aromatic rings. The second-order valence-electron chi connectivity index (χ2n) is 5.85. The van der Waals surface area contributed by atoms with E-state index < -0.39 is 11.2 Å². The summed E-state index contributed by atoms with van der Waals surface area (Å²) >= 11 is 0. The summed E-state index contributed by atoms with van der Waals surface area (Å²) in [5.74, 6) is 0. The van der Waals surface area contributed by atoms with Crippen LogP contribution in [0.4, 0.5) is 0 Å². The van der Waals surface area contributed by atoms with Crippen molar-refractivity contribution >= 4 is 20.5 Å². The van der Waals surface area contributed by atoms with E-state index >= 15 is 0 Å². The van der Waals surface area contributed by atoms with E-state index in [2.05, 4.69) is 11.7 Å². The molecule has 0 aliphatic carbocycles. The van der Waals surface area contributed by atoms with Crippen LogP contribution in [0, 0.1) is 0 Å². The van der Waals surface area contributed by atoms with Crippen LogP contribution in [0.2, 0.25) is 0 Å². The van der Waals surface area contributed by atoms with E-state index in [9.17, 15) is 9.90 Å². The Balaban J connectivity index is 2.58. The number of carbonyl (C=O) groups is 1. The molecule has 0 aromatic carbocycles. The van der Waals surface area contributed by atoms with Crippen LogP contribution in [0.3, 0.4) is 0 Å². The average molecular weight is 289 g/mol. The third-order valence-corrected chi connectivity index (χ3v) is 3.56. The largest absolute Gasteiger partial charge is 0.427 e. The van der Waals surface area contributed by atoms with Crippen molar-refractivity contribution in [3.63, 3.8) is 0 Å². The number of nitrogens with zero attached hydrogens (tertiary/aromatic N) is 2. The summed E-state index contributed by atoms with van der Waals surface area (Å²) in [6.07, 6.45) is 7.89. The second-order valence-corrected chi connectivity index (χ2v) is 5.85. The van der Waals surface area contributed by atoms with Crippen LogP contribution in [-0.4, -0.2) is 48.2 Å². The van der Waals surface area contributed by atoms with E-state index in [0.717, 1.165) is 5.47 Å². The Morgan fingerprint density at radius 1 is 1.52 bits per heavy atom. The molecule has 1 rings (SSSR count). The van der Waals surface area contributed by atoms with Crippen LogP contribution in [0.1, 0.15) is 27.7 Å². The molecule has 1 radical (unpaired) electrons. The number of hydrogen-bond donors (Lipinski definition) is 1. The zero-order valence-electron chi connectivity index (χ0n) is 13.0. The van der Waals surface area contributed by atoms with Gasteiger partial charge in [0.15, 0.2) is 6.29 Å². The topological polar surface area (TPSA) is 62.1 Å². The van der Waals surface area contributed by atoms with E-state index in [1.54, 1.807) is 27.5 Å². The second kappa shape index (κ2) is 6.87. The molecule has 5 nitrogen and oxygen atoms in total. The van der Waals surface area contributed by atoms with E-state index in [-0.39, 0.29) is 5.70 Å². The van der Waals surface area contributed by atoms with Gasteiger partial charge in [0.2, 0.25) is 0 Å². The molecule has 1 N–H and O–H groups in total. The van der Waals surface area contributed by atoms with Crippen LogP contribution < -0.4 is 0 Å². The smallest absolute Gasteiger partial charge is 0.330 e. The molecule has 1 aliphatic heterocycles. The summed E-state index contributed by atoms with van der Waals surface area (Å²) in [7, 11) is 1.63. The Bertz CT molecular complexity index is 478. The average Bonchev–Trinajstić information content (AvgIpc) is 2.42. The van der Waals surface area contributed by atoms with Gasteiger partial charge in [-0.3, -0.25) is 9.79 Å². The van der Waals surface area contributed by atoms with Crippen molar-refractivity contribution in [1.29, 1.82) is 0 Å². The lowest BCUT2D eigenvalue weighted by Crippen LogP contribution is -2.48. The highest BCUT2D eigenvalue weighted by molar-refractivity contribution is 6.39. The first-order valence-electron chi connectivity index (χ1n) is 6.71. The van der Waals surface area contributed by atoms with Crippen LogP contribution in [0.5, 0.6) is 0 Å². The maximum absolute atomic E-state index is 10.7. The Morgan fingerprint density at radius 3 is 2.62 bits per heavy atom. The molecule has 0 saturated heterocycles. The lowest BCUT2D eigenvalue weighted by molar-refractivity contribution is -0.105. The number of carbonyl (C=O) groups excluding carboxylic acids is 1. The molecule has 0 amide bonds. The van der Waals surface area contributed by atoms with E-state index in [4.69, 9.17) is 4.65 Å². The van der Waals surface area contributed by atoms with Gasteiger partial charge in [0.05, 0.1) is 11.2 Å². The fourth-order valence-electron chi connectivity index (χ4n) is 1.34. The van der Waals surface area contributed by atoms with Gasteiger partial charge in [-0.2, -0.15) is 0 Å². The Hall–Kier alpha value is -1.66. The fourth-order valence-corrected chi connectivity index (χ4v) is 1.34. The molecule has 21 heavy (non-hydrogen) atoms. The molecule has 1 heterocycles. The summed E-state index contributed by atoms with van der Waals surface area (Å²) in [5.41, 5.74) is -0.474. The van der Waals surface area contributed by atoms with Gasteiger partial charge in [0.1, 0.15) is 5.70 Å².